The third-order valence-electron chi connectivity index (χ3n) is 5.02. The van der Waals surface area contributed by atoms with Gasteiger partial charge in [-0.25, -0.2) is 4.68 Å². The molecule has 6 nitrogen and oxygen atoms in total. The molecule has 0 saturated carbocycles. The average molecular weight is 365 g/mol. The predicted octanol–water partition coefficient (Wildman–Crippen LogP) is 3.60. The van der Waals surface area contributed by atoms with E-state index in [-0.39, 0.29) is 11.9 Å². The average Bonchev–Trinajstić information content (AvgIpc) is 3.12. The van der Waals surface area contributed by atoms with Gasteiger partial charge in [0, 0.05) is 23.5 Å². The maximum Gasteiger partial charge on any atom is 0.251 e. The van der Waals surface area contributed by atoms with Crippen molar-refractivity contribution in [3.63, 3.8) is 0 Å². The molecular weight excluding hydrogens is 338 g/mol. The molecule has 3 aromatic rings. The van der Waals surface area contributed by atoms with Crippen LogP contribution in [-0.2, 0) is 0 Å². The molecule has 1 aromatic carbocycles. The second-order valence-corrected chi connectivity index (χ2v) is 7.19. The first-order chi connectivity index (χ1) is 12.8. The molecule has 1 atom stereocenters. The Balaban J connectivity index is 1.72. The first kappa shape index (κ1) is 18.9. The fourth-order valence-corrected chi connectivity index (χ4v) is 3.27. The molecule has 6 heteroatoms. The van der Waals surface area contributed by atoms with Crippen LogP contribution in [0.1, 0.15) is 51.7 Å². The Morgan fingerprint density at radius 1 is 1.11 bits per heavy atom. The molecule has 0 bridgehead atoms. The van der Waals surface area contributed by atoms with Crippen LogP contribution >= 0.6 is 0 Å². The zero-order valence-corrected chi connectivity index (χ0v) is 16.9. The number of aryl methyl sites for hydroxylation is 3. The van der Waals surface area contributed by atoms with Gasteiger partial charge in [-0.3, -0.25) is 9.48 Å². The Kier molecular flexibility index (Phi) is 5.17. The maximum absolute atomic E-state index is 12.6. The van der Waals surface area contributed by atoms with E-state index in [1.165, 1.54) is 5.56 Å². The normalized spacial score (nSPS) is 12.2. The topological polar surface area (TPSA) is 64.7 Å². The molecule has 0 aliphatic rings. The van der Waals surface area contributed by atoms with E-state index in [2.05, 4.69) is 36.3 Å². The number of rotatable bonds is 5. The van der Waals surface area contributed by atoms with Gasteiger partial charge in [0.25, 0.3) is 5.91 Å². The number of hydrogen-bond donors (Lipinski definition) is 1. The Bertz CT molecular complexity index is 983. The van der Waals surface area contributed by atoms with Crippen molar-refractivity contribution in [2.75, 3.05) is 6.54 Å². The summed E-state index contributed by atoms with van der Waals surface area (Å²) in [5.41, 5.74) is 6.87. The van der Waals surface area contributed by atoms with Crippen LogP contribution in [0.4, 0.5) is 0 Å². The molecule has 0 saturated heterocycles. The van der Waals surface area contributed by atoms with Crippen molar-refractivity contribution in [1.29, 1.82) is 0 Å². The third kappa shape index (κ3) is 3.79. The Labute approximate surface area is 160 Å². The molecule has 3 rings (SSSR count). The maximum atomic E-state index is 12.6. The van der Waals surface area contributed by atoms with Gasteiger partial charge in [0.1, 0.15) is 0 Å². The number of aromatic nitrogens is 4. The van der Waals surface area contributed by atoms with Gasteiger partial charge in [0.2, 0.25) is 0 Å². The van der Waals surface area contributed by atoms with Crippen LogP contribution in [0.2, 0.25) is 0 Å². The van der Waals surface area contributed by atoms with Crippen molar-refractivity contribution in [3.8, 4) is 5.69 Å². The van der Waals surface area contributed by atoms with Crippen LogP contribution < -0.4 is 5.32 Å². The highest BCUT2D eigenvalue weighted by Crippen LogP contribution is 2.17. The lowest BCUT2D eigenvalue weighted by Gasteiger charge is -2.16. The van der Waals surface area contributed by atoms with Crippen LogP contribution in [-0.4, -0.2) is 32.0 Å². The molecule has 2 aromatic heterocycles. The van der Waals surface area contributed by atoms with Crippen molar-refractivity contribution in [1.82, 2.24) is 24.9 Å². The molecule has 142 valence electrons. The van der Waals surface area contributed by atoms with E-state index < -0.39 is 0 Å². The second kappa shape index (κ2) is 7.39. The molecule has 0 aliphatic heterocycles. The summed E-state index contributed by atoms with van der Waals surface area (Å²) in [6.07, 6.45) is 0. The summed E-state index contributed by atoms with van der Waals surface area (Å²) in [7, 11) is 0. The highest BCUT2D eigenvalue weighted by atomic mass is 16.1. The number of benzene rings is 1. The van der Waals surface area contributed by atoms with E-state index >= 15 is 0 Å². The van der Waals surface area contributed by atoms with Gasteiger partial charge in [-0.1, -0.05) is 6.07 Å². The molecule has 27 heavy (non-hydrogen) atoms. The lowest BCUT2D eigenvalue weighted by molar-refractivity contribution is 0.0947. The van der Waals surface area contributed by atoms with Gasteiger partial charge in [0.05, 0.1) is 23.1 Å². The van der Waals surface area contributed by atoms with Gasteiger partial charge in [-0.2, -0.15) is 10.2 Å². The van der Waals surface area contributed by atoms with Gasteiger partial charge < -0.3 is 5.32 Å². The number of nitrogens with zero attached hydrogens (tertiary/aromatic N) is 4. The second-order valence-electron chi connectivity index (χ2n) is 7.19. The van der Waals surface area contributed by atoms with E-state index in [9.17, 15) is 4.79 Å². The molecule has 0 unspecified atom stereocenters. The smallest absolute Gasteiger partial charge is 0.251 e. The summed E-state index contributed by atoms with van der Waals surface area (Å²) < 4.78 is 3.84. The van der Waals surface area contributed by atoms with E-state index in [4.69, 9.17) is 0 Å². The summed E-state index contributed by atoms with van der Waals surface area (Å²) in [4.78, 5) is 12.6. The summed E-state index contributed by atoms with van der Waals surface area (Å²) >= 11 is 0. The van der Waals surface area contributed by atoms with Crippen LogP contribution in [0.25, 0.3) is 5.69 Å². The summed E-state index contributed by atoms with van der Waals surface area (Å²) in [6.45, 7) is 12.7. The van der Waals surface area contributed by atoms with Crippen LogP contribution in [0.3, 0.4) is 0 Å². The van der Waals surface area contributed by atoms with Crippen LogP contribution in [0.5, 0.6) is 0 Å². The van der Waals surface area contributed by atoms with Crippen molar-refractivity contribution in [3.05, 3.63) is 64.2 Å². The first-order valence-corrected chi connectivity index (χ1v) is 9.22. The Hall–Kier alpha value is -2.89. The lowest BCUT2D eigenvalue weighted by Crippen LogP contribution is -2.30. The number of carbonyl (C=O) groups excluding carboxylic acids is 1. The van der Waals surface area contributed by atoms with Gasteiger partial charge in [-0.15, -0.1) is 0 Å². The zero-order valence-electron chi connectivity index (χ0n) is 16.9. The minimum atomic E-state index is -0.0940. The van der Waals surface area contributed by atoms with Crippen LogP contribution in [0, 0.1) is 34.6 Å². The van der Waals surface area contributed by atoms with Gasteiger partial charge in [0.15, 0.2) is 0 Å². The third-order valence-corrected chi connectivity index (χ3v) is 5.02. The molecule has 0 spiro atoms. The minimum absolute atomic E-state index is 0.0838. The zero-order chi connectivity index (χ0) is 19.7. The van der Waals surface area contributed by atoms with Gasteiger partial charge in [-0.05, 0) is 71.4 Å². The van der Waals surface area contributed by atoms with E-state index in [0.717, 1.165) is 28.5 Å². The fraction of sp³-hybridized carbons (Fsp3) is 0.381. The van der Waals surface area contributed by atoms with E-state index in [1.54, 1.807) is 0 Å². The molecule has 1 N–H and O–H groups in total. The number of amides is 1. The molecule has 0 aliphatic carbocycles. The number of hydrogen-bond acceptors (Lipinski definition) is 3. The fourth-order valence-electron chi connectivity index (χ4n) is 3.27. The van der Waals surface area contributed by atoms with E-state index in [0.29, 0.717) is 12.1 Å². The molecule has 2 heterocycles. The minimum Gasteiger partial charge on any atom is -0.350 e. The SMILES string of the molecule is Cc1cc(C)n(-c2cccc(C(=O)NC[C@H](C)n3nc(C)c(C)c3C)c2)n1. The molecule has 0 fully saturated rings. The van der Waals surface area contributed by atoms with Crippen molar-refractivity contribution < 1.29 is 4.79 Å². The lowest BCUT2D eigenvalue weighted by atomic mass is 10.1. The standard InChI is InChI=1S/C21H27N5O/c1-13-10-14(2)26(23-13)20-9-7-8-19(11-20)21(27)22-12-15(3)25-18(6)16(4)17(5)24-25/h7-11,15H,12H2,1-6H3,(H,22,27)/t15-/m0/s1. The Morgan fingerprint density at radius 2 is 1.85 bits per heavy atom. The number of nitrogens with one attached hydrogen (secondary N) is 1. The van der Waals surface area contributed by atoms with Crippen LogP contribution in [0.15, 0.2) is 30.3 Å². The van der Waals surface area contributed by atoms with Gasteiger partial charge >= 0.3 is 0 Å². The molecular formula is C21H27N5O. The highest BCUT2D eigenvalue weighted by Gasteiger charge is 2.15. The highest BCUT2D eigenvalue weighted by molar-refractivity contribution is 5.94. The van der Waals surface area contributed by atoms with Crippen molar-refractivity contribution >= 4 is 5.91 Å². The van der Waals surface area contributed by atoms with E-state index in [1.807, 2.05) is 60.5 Å². The molecule has 0 radical (unpaired) electrons. The van der Waals surface area contributed by atoms with Crippen molar-refractivity contribution in [2.45, 2.75) is 47.6 Å². The quantitative estimate of drug-likeness (QED) is 0.751. The first-order valence-electron chi connectivity index (χ1n) is 9.22. The Morgan fingerprint density at radius 3 is 2.44 bits per heavy atom. The number of carbonyl (C=O) groups is 1. The molecule has 1 amide bonds. The predicted molar refractivity (Wildman–Crippen MR) is 107 cm³/mol. The van der Waals surface area contributed by atoms with Crippen molar-refractivity contribution in [2.24, 2.45) is 0 Å². The largest absolute Gasteiger partial charge is 0.350 e. The summed E-state index contributed by atoms with van der Waals surface area (Å²) in [6, 6.07) is 9.63. The summed E-state index contributed by atoms with van der Waals surface area (Å²) in [5.74, 6) is -0.0940. The summed E-state index contributed by atoms with van der Waals surface area (Å²) in [5, 5.41) is 12.1. The monoisotopic (exact) mass is 365 g/mol.